The van der Waals surface area contributed by atoms with Crippen LogP contribution in [-0.4, -0.2) is 32.1 Å². The van der Waals surface area contributed by atoms with Gasteiger partial charge in [-0.25, -0.2) is 4.79 Å². The third kappa shape index (κ3) is 4.85. The van der Waals surface area contributed by atoms with Gasteiger partial charge in [-0.15, -0.1) is 0 Å². The number of Topliss-reactive ketones (excluding diaryl/α,β-unsaturated/α-hetero) is 1. The van der Waals surface area contributed by atoms with Crippen LogP contribution in [0.2, 0.25) is 0 Å². The van der Waals surface area contributed by atoms with Crippen LogP contribution in [0.4, 0.5) is 0 Å². The van der Waals surface area contributed by atoms with Gasteiger partial charge >= 0.3 is 5.97 Å². The molecular formula is C18H18O5. The normalized spacial score (nSPS) is 10.0. The second-order valence-corrected chi connectivity index (χ2v) is 4.80. The summed E-state index contributed by atoms with van der Waals surface area (Å²) in [7, 11) is 1.33. The average Bonchev–Trinajstić information content (AvgIpc) is 2.58. The van der Waals surface area contributed by atoms with Crippen LogP contribution in [0.5, 0.6) is 11.5 Å². The smallest absolute Gasteiger partial charge is 0.337 e. The lowest BCUT2D eigenvalue weighted by atomic mass is 10.1. The molecule has 0 atom stereocenters. The molecule has 23 heavy (non-hydrogen) atoms. The van der Waals surface area contributed by atoms with E-state index in [0.717, 1.165) is 0 Å². The SMILES string of the molecule is COC(=O)c1cccc(OCCOc2ccc(C(C)=O)cc2)c1. The van der Waals surface area contributed by atoms with Gasteiger partial charge in [0.05, 0.1) is 12.7 Å². The fourth-order valence-corrected chi connectivity index (χ4v) is 1.94. The Kier molecular flexibility index (Phi) is 5.74. The Hall–Kier alpha value is -2.82. The van der Waals surface area contributed by atoms with Crippen molar-refractivity contribution in [3.63, 3.8) is 0 Å². The number of carbonyl (C=O) groups is 2. The lowest BCUT2D eigenvalue weighted by Crippen LogP contribution is -2.09. The molecule has 0 amide bonds. The van der Waals surface area contributed by atoms with Crippen molar-refractivity contribution in [2.75, 3.05) is 20.3 Å². The molecule has 5 nitrogen and oxygen atoms in total. The Morgan fingerprint density at radius 2 is 1.52 bits per heavy atom. The molecular weight excluding hydrogens is 296 g/mol. The summed E-state index contributed by atoms with van der Waals surface area (Å²) in [5.74, 6) is 0.855. The number of rotatable bonds is 7. The Balaban J connectivity index is 1.81. The molecule has 0 spiro atoms. The first kappa shape index (κ1) is 16.5. The van der Waals surface area contributed by atoms with Crippen LogP contribution < -0.4 is 9.47 Å². The van der Waals surface area contributed by atoms with E-state index in [4.69, 9.17) is 9.47 Å². The highest BCUT2D eigenvalue weighted by Gasteiger charge is 2.06. The summed E-state index contributed by atoms with van der Waals surface area (Å²) < 4.78 is 15.7. The predicted molar refractivity (Wildman–Crippen MR) is 85.2 cm³/mol. The Bertz CT molecular complexity index is 676. The number of carbonyl (C=O) groups excluding carboxylic acids is 2. The molecule has 2 aromatic rings. The summed E-state index contributed by atoms with van der Waals surface area (Å²) >= 11 is 0. The van der Waals surface area contributed by atoms with E-state index in [9.17, 15) is 9.59 Å². The standard InChI is InChI=1S/C18H18O5/c1-13(19)14-6-8-16(9-7-14)22-10-11-23-17-5-3-4-15(12-17)18(20)21-2/h3-9,12H,10-11H2,1-2H3. The predicted octanol–water partition coefficient (Wildman–Crippen LogP) is 3.13. The van der Waals surface area contributed by atoms with Gasteiger partial charge < -0.3 is 14.2 Å². The first-order valence-corrected chi connectivity index (χ1v) is 7.15. The summed E-state index contributed by atoms with van der Waals surface area (Å²) in [6.45, 7) is 2.20. The quantitative estimate of drug-likeness (QED) is 0.446. The molecule has 0 N–H and O–H groups in total. The molecule has 0 aliphatic rings. The van der Waals surface area contributed by atoms with Crippen LogP contribution in [0.1, 0.15) is 27.6 Å². The summed E-state index contributed by atoms with van der Waals surface area (Å²) in [4.78, 5) is 22.6. The first-order chi connectivity index (χ1) is 11.1. The highest BCUT2D eigenvalue weighted by atomic mass is 16.5. The van der Waals surface area contributed by atoms with Gasteiger partial charge in [-0.2, -0.15) is 0 Å². The van der Waals surface area contributed by atoms with Gasteiger partial charge in [0.2, 0.25) is 0 Å². The van der Waals surface area contributed by atoms with Crippen molar-refractivity contribution in [1.29, 1.82) is 0 Å². The molecule has 0 radical (unpaired) electrons. The van der Waals surface area contributed by atoms with Crippen LogP contribution in [0, 0.1) is 0 Å². The molecule has 5 heteroatoms. The number of ether oxygens (including phenoxy) is 3. The second kappa shape index (κ2) is 7.98. The molecule has 0 aliphatic carbocycles. The zero-order valence-electron chi connectivity index (χ0n) is 13.1. The van der Waals surface area contributed by atoms with Gasteiger partial charge in [-0.1, -0.05) is 6.07 Å². The van der Waals surface area contributed by atoms with E-state index in [1.165, 1.54) is 14.0 Å². The van der Waals surface area contributed by atoms with E-state index in [1.807, 2.05) is 0 Å². The fraction of sp³-hybridized carbons (Fsp3) is 0.222. The third-order valence-electron chi connectivity index (χ3n) is 3.14. The number of ketones is 1. The second-order valence-electron chi connectivity index (χ2n) is 4.80. The van der Waals surface area contributed by atoms with Gasteiger partial charge in [-0.05, 0) is 49.4 Å². The minimum atomic E-state index is -0.405. The van der Waals surface area contributed by atoms with Crippen molar-refractivity contribution in [1.82, 2.24) is 0 Å². The average molecular weight is 314 g/mol. The van der Waals surface area contributed by atoms with Crippen molar-refractivity contribution in [3.05, 3.63) is 59.7 Å². The first-order valence-electron chi connectivity index (χ1n) is 7.15. The zero-order chi connectivity index (χ0) is 16.7. The molecule has 0 unspecified atom stereocenters. The van der Waals surface area contributed by atoms with E-state index in [0.29, 0.717) is 35.8 Å². The monoisotopic (exact) mass is 314 g/mol. The molecule has 0 bridgehead atoms. The Labute approximate surface area is 134 Å². The highest BCUT2D eigenvalue weighted by molar-refractivity contribution is 5.94. The number of hydrogen-bond donors (Lipinski definition) is 0. The number of hydrogen-bond acceptors (Lipinski definition) is 5. The highest BCUT2D eigenvalue weighted by Crippen LogP contribution is 2.15. The lowest BCUT2D eigenvalue weighted by molar-refractivity contribution is 0.0600. The molecule has 120 valence electrons. The molecule has 0 saturated carbocycles. The van der Waals surface area contributed by atoms with Crippen LogP contribution in [0.3, 0.4) is 0 Å². The molecule has 0 saturated heterocycles. The largest absolute Gasteiger partial charge is 0.490 e. The molecule has 0 aromatic heterocycles. The maximum atomic E-state index is 11.4. The summed E-state index contributed by atoms with van der Waals surface area (Å²) in [5.41, 5.74) is 1.08. The summed E-state index contributed by atoms with van der Waals surface area (Å²) in [6.07, 6.45) is 0. The van der Waals surface area contributed by atoms with E-state index in [1.54, 1.807) is 48.5 Å². The molecule has 0 heterocycles. The molecule has 0 aliphatic heterocycles. The summed E-state index contributed by atoms with van der Waals surface area (Å²) in [6, 6.07) is 13.7. The molecule has 2 rings (SSSR count). The van der Waals surface area contributed by atoms with E-state index >= 15 is 0 Å². The van der Waals surface area contributed by atoms with E-state index in [-0.39, 0.29) is 5.78 Å². The van der Waals surface area contributed by atoms with Crippen LogP contribution >= 0.6 is 0 Å². The van der Waals surface area contributed by atoms with Gasteiger partial charge in [0.15, 0.2) is 5.78 Å². The van der Waals surface area contributed by atoms with Crippen LogP contribution in [-0.2, 0) is 4.74 Å². The van der Waals surface area contributed by atoms with Crippen LogP contribution in [0.15, 0.2) is 48.5 Å². The van der Waals surface area contributed by atoms with Gasteiger partial charge in [-0.3, -0.25) is 4.79 Å². The minimum absolute atomic E-state index is 0.0189. The number of benzene rings is 2. The Morgan fingerprint density at radius 3 is 2.13 bits per heavy atom. The zero-order valence-corrected chi connectivity index (χ0v) is 13.1. The minimum Gasteiger partial charge on any atom is -0.490 e. The maximum Gasteiger partial charge on any atom is 0.337 e. The lowest BCUT2D eigenvalue weighted by Gasteiger charge is -2.09. The van der Waals surface area contributed by atoms with Gasteiger partial charge in [0.25, 0.3) is 0 Å². The van der Waals surface area contributed by atoms with Crippen molar-refractivity contribution in [2.24, 2.45) is 0 Å². The van der Waals surface area contributed by atoms with Gasteiger partial charge in [0.1, 0.15) is 24.7 Å². The molecule has 2 aromatic carbocycles. The van der Waals surface area contributed by atoms with Crippen molar-refractivity contribution >= 4 is 11.8 Å². The van der Waals surface area contributed by atoms with Crippen molar-refractivity contribution in [3.8, 4) is 11.5 Å². The van der Waals surface area contributed by atoms with Gasteiger partial charge in [0, 0.05) is 5.56 Å². The third-order valence-corrected chi connectivity index (χ3v) is 3.14. The maximum absolute atomic E-state index is 11.4. The molecule has 0 fully saturated rings. The van der Waals surface area contributed by atoms with Crippen molar-refractivity contribution in [2.45, 2.75) is 6.92 Å². The topological polar surface area (TPSA) is 61.8 Å². The van der Waals surface area contributed by atoms with Crippen LogP contribution in [0.25, 0.3) is 0 Å². The van der Waals surface area contributed by atoms with E-state index < -0.39 is 5.97 Å². The number of esters is 1. The fourth-order valence-electron chi connectivity index (χ4n) is 1.94. The number of methoxy groups -OCH3 is 1. The van der Waals surface area contributed by atoms with E-state index in [2.05, 4.69) is 4.74 Å². The summed E-state index contributed by atoms with van der Waals surface area (Å²) in [5, 5.41) is 0. The Morgan fingerprint density at radius 1 is 0.870 bits per heavy atom. The van der Waals surface area contributed by atoms with Crippen molar-refractivity contribution < 1.29 is 23.8 Å².